The number of aryl methyl sites for hydroxylation is 1. The minimum absolute atomic E-state index is 0.0422. The molecule has 0 aliphatic rings. The predicted octanol–water partition coefficient (Wildman–Crippen LogP) is 2.18. The lowest BCUT2D eigenvalue weighted by Gasteiger charge is -2.17. The van der Waals surface area contributed by atoms with Crippen LogP contribution < -0.4 is 4.90 Å². The van der Waals surface area contributed by atoms with E-state index in [1.807, 2.05) is 11.9 Å². The summed E-state index contributed by atoms with van der Waals surface area (Å²) in [4.78, 5) is 21.8. The number of aromatic nitrogens is 2. The van der Waals surface area contributed by atoms with Gasteiger partial charge in [0, 0.05) is 11.9 Å². The van der Waals surface area contributed by atoms with Crippen molar-refractivity contribution in [3.8, 4) is 0 Å². The van der Waals surface area contributed by atoms with E-state index in [2.05, 4.69) is 28.3 Å². The lowest BCUT2D eigenvalue weighted by molar-refractivity contribution is 0.0690. The maximum atomic E-state index is 10.7. The van der Waals surface area contributed by atoms with Gasteiger partial charge in [-0.25, -0.2) is 14.8 Å². The second-order valence-corrected chi connectivity index (χ2v) is 4.95. The Labute approximate surface area is 109 Å². The standard InChI is InChI=1S/C12H13N3O2S/c1-8-3-4-18-10(8)7-15(2)11-6-13-9(5-14-11)12(16)17/h3-6H,7H2,1-2H3,(H,16,17). The van der Waals surface area contributed by atoms with E-state index >= 15 is 0 Å². The van der Waals surface area contributed by atoms with E-state index in [1.165, 1.54) is 22.8 Å². The van der Waals surface area contributed by atoms with Gasteiger partial charge in [0.05, 0.1) is 18.9 Å². The maximum Gasteiger partial charge on any atom is 0.356 e. The van der Waals surface area contributed by atoms with Gasteiger partial charge in [-0.05, 0) is 23.9 Å². The molecule has 2 rings (SSSR count). The number of hydrogen-bond acceptors (Lipinski definition) is 5. The van der Waals surface area contributed by atoms with E-state index in [1.54, 1.807) is 11.3 Å². The molecule has 0 aliphatic carbocycles. The van der Waals surface area contributed by atoms with Crippen LogP contribution in [0, 0.1) is 6.92 Å². The summed E-state index contributed by atoms with van der Waals surface area (Å²) in [7, 11) is 1.91. The Hall–Kier alpha value is -1.95. The van der Waals surface area contributed by atoms with Crippen LogP contribution in [-0.2, 0) is 6.54 Å². The zero-order valence-corrected chi connectivity index (χ0v) is 10.9. The summed E-state index contributed by atoms with van der Waals surface area (Å²) in [5.74, 6) is -0.404. The number of carbonyl (C=O) groups is 1. The van der Waals surface area contributed by atoms with Gasteiger partial charge >= 0.3 is 5.97 Å². The average molecular weight is 263 g/mol. The zero-order valence-electron chi connectivity index (χ0n) is 10.1. The first-order valence-electron chi connectivity index (χ1n) is 5.37. The molecular weight excluding hydrogens is 250 g/mol. The van der Waals surface area contributed by atoms with E-state index in [4.69, 9.17) is 5.11 Å². The van der Waals surface area contributed by atoms with Crippen molar-refractivity contribution in [1.82, 2.24) is 9.97 Å². The molecule has 94 valence electrons. The highest BCUT2D eigenvalue weighted by atomic mass is 32.1. The molecule has 0 aromatic carbocycles. The molecule has 2 aromatic heterocycles. The van der Waals surface area contributed by atoms with Gasteiger partial charge in [0.2, 0.25) is 0 Å². The molecule has 6 heteroatoms. The third kappa shape index (κ3) is 2.65. The summed E-state index contributed by atoms with van der Waals surface area (Å²) in [6.07, 6.45) is 2.75. The first kappa shape index (κ1) is 12.5. The molecule has 0 aliphatic heterocycles. The number of carboxylic acid groups (broad SMARTS) is 1. The van der Waals surface area contributed by atoms with Crippen LogP contribution in [0.15, 0.2) is 23.8 Å². The molecule has 5 nitrogen and oxygen atoms in total. The second kappa shape index (κ2) is 5.14. The minimum atomic E-state index is -1.06. The van der Waals surface area contributed by atoms with Crippen LogP contribution in [-0.4, -0.2) is 28.1 Å². The van der Waals surface area contributed by atoms with Crippen molar-refractivity contribution < 1.29 is 9.90 Å². The van der Waals surface area contributed by atoms with Crippen LogP contribution >= 0.6 is 11.3 Å². The smallest absolute Gasteiger partial charge is 0.356 e. The van der Waals surface area contributed by atoms with Crippen molar-refractivity contribution in [2.75, 3.05) is 11.9 Å². The number of carboxylic acids is 1. The van der Waals surface area contributed by atoms with E-state index < -0.39 is 5.97 Å². The first-order chi connectivity index (χ1) is 8.58. The monoisotopic (exact) mass is 263 g/mol. The van der Waals surface area contributed by atoms with Gasteiger partial charge in [0.1, 0.15) is 5.82 Å². The fraction of sp³-hybridized carbons (Fsp3) is 0.250. The SMILES string of the molecule is Cc1ccsc1CN(C)c1cnc(C(=O)O)cn1. The van der Waals surface area contributed by atoms with E-state index in [0.717, 1.165) is 6.54 Å². The van der Waals surface area contributed by atoms with Crippen LogP contribution in [0.25, 0.3) is 0 Å². The van der Waals surface area contributed by atoms with Crippen molar-refractivity contribution in [3.63, 3.8) is 0 Å². The molecule has 0 bridgehead atoms. The predicted molar refractivity (Wildman–Crippen MR) is 70.2 cm³/mol. The van der Waals surface area contributed by atoms with Crippen molar-refractivity contribution >= 4 is 23.1 Å². The number of aromatic carboxylic acids is 1. The number of hydrogen-bond donors (Lipinski definition) is 1. The summed E-state index contributed by atoms with van der Waals surface area (Å²) in [6, 6.07) is 2.08. The molecule has 18 heavy (non-hydrogen) atoms. The van der Waals surface area contributed by atoms with E-state index in [9.17, 15) is 4.79 Å². The average Bonchev–Trinajstić information content (AvgIpc) is 2.75. The summed E-state index contributed by atoms with van der Waals surface area (Å²) in [6.45, 7) is 2.81. The lowest BCUT2D eigenvalue weighted by atomic mass is 10.3. The summed E-state index contributed by atoms with van der Waals surface area (Å²) >= 11 is 1.70. The molecule has 2 aromatic rings. The van der Waals surface area contributed by atoms with Crippen LogP contribution in [0.2, 0.25) is 0 Å². The number of nitrogens with zero attached hydrogens (tertiary/aromatic N) is 3. The van der Waals surface area contributed by atoms with Gasteiger partial charge in [-0.1, -0.05) is 0 Å². The minimum Gasteiger partial charge on any atom is -0.476 e. The summed E-state index contributed by atoms with van der Waals surface area (Å²) < 4.78 is 0. The maximum absolute atomic E-state index is 10.7. The molecule has 0 amide bonds. The molecule has 0 spiro atoms. The molecule has 0 unspecified atom stereocenters. The fourth-order valence-electron chi connectivity index (χ4n) is 1.49. The van der Waals surface area contributed by atoms with Crippen LogP contribution in [0.1, 0.15) is 20.9 Å². The van der Waals surface area contributed by atoms with Crippen molar-refractivity contribution in [2.45, 2.75) is 13.5 Å². The largest absolute Gasteiger partial charge is 0.476 e. The molecule has 1 N–H and O–H groups in total. The highest BCUT2D eigenvalue weighted by Gasteiger charge is 2.09. The Bertz CT molecular complexity index is 551. The van der Waals surface area contributed by atoms with E-state index in [0.29, 0.717) is 5.82 Å². The normalized spacial score (nSPS) is 10.3. The molecule has 0 saturated heterocycles. The topological polar surface area (TPSA) is 66.3 Å². The third-order valence-corrected chi connectivity index (χ3v) is 3.61. The van der Waals surface area contributed by atoms with Crippen LogP contribution in [0.4, 0.5) is 5.82 Å². The van der Waals surface area contributed by atoms with Crippen molar-refractivity contribution in [1.29, 1.82) is 0 Å². The number of anilines is 1. The molecule has 0 atom stereocenters. The van der Waals surface area contributed by atoms with Gasteiger partial charge in [-0.15, -0.1) is 11.3 Å². The Morgan fingerprint density at radius 1 is 1.44 bits per heavy atom. The van der Waals surface area contributed by atoms with Crippen LogP contribution in [0.5, 0.6) is 0 Å². The van der Waals surface area contributed by atoms with Gasteiger partial charge in [-0.3, -0.25) is 0 Å². The molecule has 0 radical (unpaired) electrons. The highest BCUT2D eigenvalue weighted by Crippen LogP contribution is 2.19. The third-order valence-electron chi connectivity index (χ3n) is 2.60. The second-order valence-electron chi connectivity index (χ2n) is 3.95. The Morgan fingerprint density at radius 2 is 2.22 bits per heavy atom. The zero-order chi connectivity index (χ0) is 13.1. The lowest BCUT2D eigenvalue weighted by Crippen LogP contribution is -2.18. The molecule has 0 saturated carbocycles. The molecule has 0 fully saturated rings. The Kier molecular flexibility index (Phi) is 3.57. The van der Waals surface area contributed by atoms with Crippen LogP contribution in [0.3, 0.4) is 0 Å². The Balaban J connectivity index is 2.12. The van der Waals surface area contributed by atoms with Gasteiger partial charge in [0.15, 0.2) is 5.69 Å². The molecule has 2 heterocycles. The quantitative estimate of drug-likeness (QED) is 0.915. The molecular formula is C12H13N3O2S. The van der Waals surface area contributed by atoms with Gasteiger partial charge in [-0.2, -0.15) is 0 Å². The van der Waals surface area contributed by atoms with Gasteiger partial charge in [0.25, 0.3) is 0 Å². The highest BCUT2D eigenvalue weighted by molar-refractivity contribution is 7.10. The summed E-state index contributed by atoms with van der Waals surface area (Å²) in [5, 5.41) is 10.8. The number of rotatable bonds is 4. The van der Waals surface area contributed by atoms with Crippen molar-refractivity contribution in [3.05, 3.63) is 40.0 Å². The Morgan fingerprint density at radius 3 is 2.72 bits per heavy atom. The van der Waals surface area contributed by atoms with Gasteiger partial charge < -0.3 is 10.0 Å². The fourth-order valence-corrected chi connectivity index (χ4v) is 2.45. The number of thiophene rings is 1. The first-order valence-corrected chi connectivity index (χ1v) is 6.25. The van der Waals surface area contributed by atoms with E-state index in [-0.39, 0.29) is 5.69 Å². The summed E-state index contributed by atoms with van der Waals surface area (Å²) in [5.41, 5.74) is 1.21. The van der Waals surface area contributed by atoms with Crippen molar-refractivity contribution in [2.24, 2.45) is 0 Å².